The Bertz CT molecular complexity index is 294. The van der Waals surface area contributed by atoms with E-state index in [4.69, 9.17) is 30.6 Å². The highest BCUT2D eigenvalue weighted by Crippen LogP contribution is 2.03. The zero-order valence-corrected chi connectivity index (χ0v) is 10.8. The SMILES string of the molecule is O=C(O)[C@@H]1CCCN1.O=C[C@H](O)[C@@H](O)[C@H](O)[C@H](O)CO. The summed E-state index contributed by atoms with van der Waals surface area (Å²) in [6, 6.07) is -0.269. The van der Waals surface area contributed by atoms with E-state index < -0.39 is 37.0 Å². The highest BCUT2D eigenvalue weighted by atomic mass is 16.4. The van der Waals surface area contributed by atoms with Crippen LogP contribution in [-0.2, 0) is 9.59 Å². The number of aliphatic carboxylic acids is 1. The van der Waals surface area contributed by atoms with Crippen LogP contribution in [0.25, 0.3) is 0 Å². The molecule has 0 aliphatic carbocycles. The fourth-order valence-electron chi connectivity index (χ4n) is 1.51. The number of rotatable bonds is 6. The third-order valence-corrected chi connectivity index (χ3v) is 2.78. The zero-order valence-electron chi connectivity index (χ0n) is 10.8. The summed E-state index contributed by atoms with van der Waals surface area (Å²) in [7, 11) is 0. The summed E-state index contributed by atoms with van der Waals surface area (Å²) in [4.78, 5) is 20.0. The molecule has 5 atom stereocenters. The maximum absolute atomic E-state index is 10.1. The number of hydrogen-bond acceptors (Lipinski definition) is 8. The Labute approximate surface area is 115 Å². The van der Waals surface area contributed by atoms with Crippen molar-refractivity contribution in [2.24, 2.45) is 0 Å². The van der Waals surface area contributed by atoms with Gasteiger partial charge in [-0.15, -0.1) is 0 Å². The summed E-state index contributed by atoms with van der Waals surface area (Å²) < 4.78 is 0. The third kappa shape index (κ3) is 6.37. The fraction of sp³-hybridized carbons (Fsp3) is 0.818. The molecule has 20 heavy (non-hydrogen) atoms. The first-order chi connectivity index (χ1) is 9.34. The molecule has 1 aliphatic heterocycles. The predicted molar refractivity (Wildman–Crippen MR) is 65.8 cm³/mol. The van der Waals surface area contributed by atoms with Crippen LogP contribution in [0.3, 0.4) is 0 Å². The maximum atomic E-state index is 10.1. The van der Waals surface area contributed by atoms with Crippen LogP contribution in [0.4, 0.5) is 0 Å². The first-order valence-electron chi connectivity index (χ1n) is 6.09. The van der Waals surface area contributed by atoms with Crippen LogP contribution in [0.15, 0.2) is 0 Å². The van der Waals surface area contributed by atoms with E-state index in [1.54, 1.807) is 0 Å². The summed E-state index contributed by atoms with van der Waals surface area (Å²) in [6.45, 7) is 0.0980. The molecule has 0 bridgehead atoms. The molecule has 7 N–H and O–H groups in total. The first kappa shape index (κ1) is 18.9. The second kappa shape index (κ2) is 9.75. The van der Waals surface area contributed by atoms with E-state index in [1.165, 1.54) is 0 Å². The Morgan fingerprint density at radius 1 is 1.25 bits per heavy atom. The van der Waals surface area contributed by atoms with E-state index in [0.29, 0.717) is 0 Å². The Hall–Kier alpha value is -1.10. The lowest BCUT2D eigenvalue weighted by Gasteiger charge is -2.22. The fourth-order valence-corrected chi connectivity index (χ4v) is 1.51. The van der Waals surface area contributed by atoms with Crippen molar-refractivity contribution in [2.45, 2.75) is 43.3 Å². The number of hydrogen-bond donors (Lipinski definition) is 7. The highest BCUT2D eigenvalue weighted by molar-refractivity contribution is 5.73. The van der Waals surface area contributed by atoms with Crippen LogP contribution in [0.1, 0.15) is 12.8 Å². The molecule has 1 saturated heterocycles. The minimum absolute atomic E-state index is 0.0258. The standard InChI is InChI=1S/C6H12O6.C5H9NO2/c7-1-3(9)5(11)6(12)4(10)2-8;7-5(8)4-2-1-3-6-4/h1,3-6,8-12H,2H2;4,6H,1-3H2,(H,7,8)/t3-,4+,5+,6+;4-/m00/s1. The number of carboxylic acid groups (broad SMARTS) is 1. The molecule has 118 valence electrons. The van der Waals surface area contributed by atoms with Gasteiger partial charge in [0, 0.05) is 0 Å². The zero-order chi connectivity index (χ0) is 15.7. The molecule has 1 aliphatic rings. The molecule has 0 saturated carbocycles. The molecular formula is C11H21NO8. The Morgan fingerprint density at radius 2 is 1.85 bits per heavy atom. The lowest BCUT2D eigenvalue weighted by atomic mass is 10.0. The van der Waals surface area contributed by atoms with Crippen molar-refractivity contribution in [1.82, 2.24) is 5.32 Å². The summed E-state index contributed by atoms with van der Waals surface area (Å²) in [5.74, 6) is -0.720. The molecule has 0 unspecified atom stereocenters. The number of aldehydes is 1. The molecule has 0 aromatic rings. The third-order valence-electron chi connectivity index (χ3n) is 2.78. The Kier molecular flexibility index (Phi) is 9.21. The van der Waals surface area contributed by atoms with Crippen LogP contribution in [0.5, 0.6) is 0 Å². The van der Waals surface area contributed by atoms with Gasteiger partial charge >= 0.3 is 5.97 Å². The largest absolute Gasteiger partial charge is 0.480 e. The average molecular weight is 295 g/mol. The van der Waals surface area contributed by atoms with Crippen LogP contribution in [0, 0.1) is 0 Å². The van der Waals surface area contributed by atoms with Crippen molar-refractivity contribution < 1.29 is 40.2 Å². The van der Waals surface area contributed by atoms with Gasteiger partial charge in [0.15, 0.2) is 6.29 Å². The van der Waals surface area contributed by atoms with Gasteiger partial charge in [-0.1, -0.05) is 0 Å². The predicted octanol–water partition coefficient (Wildman–Crippen LogP) is -3.56. The molecule has 9 nitrogen and oxygen atoms in total. The second-order valence-corrected chi connectivity index (χ2v) is 4.34. The number of carbonyl (C=O) groups excluding carboxylic acids is 1. The van der Waals surface area contributed by atoms with E-state index >= 15 is 0 Å². The van der Waals surface area contributed by atoms with Gasteiger partial charge in [0.25, 0.3) is 0 Å². The lowest BCUT2D eigenvalue weighted by Crippen LogP contribution is -2.46. The quantitative estimate of drug-likeness (QED) is 0.245. The van der Waals surface area contributed by atoms with Gasteiger partial charge in [0.05, 0.1) is 6.61 Å². The monoisotopic (exact) mass is 295 g/mol. The van der Waals surface area contributed by atoms with Crippen LogP contribution >= 0.6 is 0 Å². The molecule has 0 radical (unpaired) electrons. The summed E-state index contributed by atoms with van der Waals surface area (Å²) in [6.07, 6.45) is -5.06. The molecule has 1 heterocycles. The van der Waals surface area contributed by atoms with E-state index in [9.17, 15) is 9.59 Å². The Balaban J connectivity index is 0.000000388. The minimum atomic E-state index is -1.79. The van der Waals surface area contributed by atoms with Crippen LogP contribution < -0.4 is 5.32 Å². The smallest absolute Gasteiger partial charge is 0.320 e. The van der Waals surface area contributed by atoms with Crippen LogP contribution in [0.2, 0.25) is 0 Å². The van der Waals surface area contributed by atoms with E-state index in [2.05, 4.69) is 5.32 Å². The molecule has 1 rings (SSSR count). The summed E-state index contributed by atoms with van der Waals surface area (Å²) in [5, 5.41) is 54.7. The molecular weight excluding hydrogens is 274 g/mol. The molecule has 1 fully saturated rings. The molecule has 0 aromatic carbocycles. The van der Waals surface area contributed by atoms with E-state index in [-0.39, 0.29) is 12.3 Å². The van der Waals surface area contributed by atoms with Crippen molar-refractivity contribution in [1.29, 1.82) is 0 Å². The van der Waals surface area contributed by atoms with Gasteiger partial charge in [0.1, 0.15) is 30.5 Å². The van der Waals surface area contributed by atoms with Crippen molar-refractivity contribution >= 4 is 12.3 Å². The van der Waals surface area contributed by atoms with Crippen molar-refractivity contribution in [3.05, 3.63) is 0 Å². The topological polar surface area (TPSA) is 168 Å². The van der Waals surface area contributed by atoms with Gasteiger partial charge in [-0.3, -0.25) is 4.79 Å². The average Bonchev–Trinajstić information content (AvgIpc) is 2.99. The second-order valence-electron chi connectivity index (χ2n) is 4.34. The van der Waals surface area contributed by atoms with E-state index in [1.807, 2.05) is 0 Å². The van der Waals surface area contributed by atoms with Gasteiger partial charge in [-0.25, -0.2) is 0 Å². The normalized spacial score (nSPS) is 23.9. The number of aliphatic hydroxyl groups excluding tert-OH is 5. The van der Waals surface area contributed by atoms with Gasteiger partial charge in [-0.2, -0.15) is 0 Å². The number of aliphatic hydroxyl groups is 5. The van der Waals surface area contributed by atoms with E-state index in [0.717, 1.165) is 19.4 Å². The van der Waals surface area contributed by atoms with Crippen molar-refractivity contribution in [3.8, 4) is 0 Å². The number of carbonyl (C=O) groups is 2. The van der Waals surface area contributed by atoms with Gasteiger partial charge in [0.2, 0.25) is 0 Å². The first-order valence-corrected chi connectivity index (χ1v) is 6.09. The molecule has 9 heteroatoms. The van der Waals surface area contributed by atoms with Crippen molar-refractivity contribution in [3.63, 3.8) is 0 Å². The Morgan fingerprint density at radius 3 is 2.15 bits per heavy atom. The van der Waals surface area contributed by atoms with Crippen molar-refractivity contribution in [2.75, 3.05) is 13.2 Å². The highest BCUT2D eigenvalue weighted by Gasteiger charge is 2.29. The summed E-state index contributed by atoms with van der Waals surface area (Å²) in [5.41, 5.74) is 0. The van der Waals surface area contributed by atoms with Gasteiger partial charge < -0.3 is 40.8 Å². The maximum Gasteiger partial charge on any atom is 0.320 e. The van der Waals surface area contributed by atoms with Crippen LogP contribution in [-0.4, -0.2) is 86.5 Å². The number of nitrogens with one attached hydrogen (secondary N) is 1. The lowest BCUT2D eigenvalue weighted by molar-refractivity contribution is -0.139. The minimum Gasteiger partial charge on any atom is -0.480 e. The number of carboxylic acids is 1. The van der Waals surface area contributed by atoms with Gasteiger partial charge in [-0.05, 0) is 19.4 Å². The molecule has 0 spiro atoms. The molecule has 0 aromatic heterocycles. The molecule has 0 amide bonds. The summed E-state index contributed by atoms with van der Waals surface area (Å²) >= 11 is 0.